The first-order valence-electron chi connectivity index (χ1n) is 4.39. The molecule has 0 fully saturated rings. The van der Waals surface area contributed by atoms with Crippen LogP contribution in [-0.2, 0) is 6.54 Å². The number of nitrogens with zero attached hydrogens (tertiary/aromatic N) is 2. The van der Waals surface area contributed by atoms with Crippen molar-refractivity contribution in [3.8, 4) is 10.6 Å². The third-order valence-corrected chi connectivity index (χ3v) is 2.76. The van der Waals surface area contributed by atoms with E-state index in [9.17, 15) is 0 Å². The Morgan fingerprint density at radius 3 is 3.14 bits per heavy atom. The maximum absolute atomic E-state index is 4.49. The van der Waals surface area contributed by atoms with E-state index in [1.54, 1.807) is 17.5 Å². The number of rotatable bonds is 3. The van der Waals surface area contributed by atoms with Crippen molar-refractivity contribution in [2.75, 3.05) is 7.05 Å². The number of aromatic nitrogens is 2. The molecule has 3 nitrogen and oxygen atoms in total. The average Bonchev–Trinajstić information content (AvgIpc) is 2.68. The Morgan fingerprint density at radius 2 is 2.43 bits per heavy atom. The van der Waals surface area contributed by atoms with Crippen molar-refractivity contribution in [2.24, 2.45) is 0 Å². The fourth-order valence-corrected chi connectivity index (χ4v) is 2.00. The highest BCUT2D eigenvalue weighted by Crippen LogP contribution is 2.22. The maximum atomic E-state index is 4.49. The summed E-state index contributed by atoms with van der Waals surface area (Å²) >= 11 is 1.65. The molecule has 2 heterocycles. The van der Waals surface area contributed by atoms with Crippen molar-refractivity contribution < 1.29 is 0 Å². The second-order valence-electron chi connectivity index (χ2n) is 2.92. The summed E-state index contributed by atoms with van der Waals surface area (Å²) in [7, 11) is 1.92. The first-order valence-corrected chi connectivity index (χ1v) is 5.27. The van der Waals surface area contributed by atoms with Crippen LogP contribution in [0.25, 0.3) is 10.6 Å². The topological polar surface area (TPSA) is 37.8 Å². The molecule has 2 aromatic heterocycles. The molecule has 4 heteroatoms. The zero-order valence-corrected chi connectivity index (χ0v) is 8.71. The molecule has 14 heavy (non-hydrogen) atoms. The van der Waals surface area contributed by atoms with Gasteiger partial charge in [0.1, 0.15) is 5.01 Å². The summed E-state index contributed by atoms with van der Waals surface area (Å²) in [6.45, 7) is 0.816. The monoisotopic (exact) mass is 205 g/mol. The number of hydrogen-bond donors (Lipinski definition) is 1. The zero-order valence-electron chi connectivity index (χ0n) is 7.90. The molecule has 0 aliphatic carbocycles. The minimum Gasteiger partial charge on any atom is -0.314 e. The summed E-state index contributed by atoms with van der Waals surface area (Å²) in [6, 6.07) is 3.95. The molecule has 2 rings (SSSR count). The second-order valence-corrected chi connectivity index (χ2v) is 3.77. The zero-order chi connectivity index (χ0) is 9.80. The average molecular weight is 205 g/mol. The summed E-state index contributed by atoms with van der Waals surface area (Å²) < 4.78 is 0. The van der Waals surface area contributed by atoms with E-state index in [-0.39, 0.29) is 0 Å². The SMILES string of the molecule is CNCc1csc(-c2cccnc2)n1. The first kappa shape index (κ1) is 9.30. The van der Waals surface area contributed by atoms with Crippen LogP contribution in [0.3, 0.4) is 0 Å². The van der Waals surface area contributed by atoms with E-state index in [0.717, 1.165) is 22.8 Å². The molecule has 0 spiro atoms. The lowest BCUT2D eigenvalue weighted by Crippen LogP contribution is -2.04. The molecule has 0 aromatic carbocycles. The van der Waals surface area contributed by atoms with Crippen molar-refractivity contribution in [3.63, 3.8) is 0 Å². The van der Waals surface area contributed by atoms with Gasteiger partial charge < -0.3 is 5.32 Å². The van der Waals surface area contributed by atoms with Gasteiger partial charge in [0.2, 0.25) is 0 Å². The molecule has 0 aliphatic rings. The molecule has 0 bridgehead atoms. The number of nitrogens with one attached hydrogen (secondary N) is 1. The Morgan fingerprint density at radius 1 is 1.50 bits per heavy atom. The minimum atomic E-state index is 0.816. The Balaban J connectivity index is 2.25. The van der Waals surface area contributed by atoms with Crippen LogP contribution < -0.4 is 5.32 Å². The van der Waals surface area contributed by atoms with Gasteiger partial charge >= 0.3 is 0 Å². The van der Waals surface area contributed by atoms with Crippen LogP contribution >= 0.6 is 11.3 Å². The molecule has 0 saturated carbocycles. The smallest absolute Gasteiger partial charge is 0.125 e. The first-order chi connectivity index (χ1) is 6.90. The van der Waals surface area contributed by atoms with Gasteiger partial charge in [-0.3, -0.25) is 4.98 Å². The van der Waals surface area contributed by atoms with E-state index in [4.69, 9.17) is 0 Å². The Hall–Kier alpha value is -1.26. The van der Waals surface area contributed by atoms with Crippen LogP contribution in [0.5, 0.6) is 0 Å². The summed E-state index contributed by atoms with van der Waals surface area (Å²) in [6.07, 6.45) is 3.60. The number of hydrogen-bond acceptors (Lipinski definition) is 4. The molecule has 72 valence electrons. The van der Waals surface area contributed by atoms with Gasteiger partial charge in [0, 0.05) is 29.9 Å². The normalized spacial score (nSPS) is 10.4. The van der Waals surface area contributed by atoms with Crippen LogP contribution in [0.1, 0.15) is 5.69 Å². The highest BCUT2D eigenvalue weighted by atomic mass is 32.1. The van der Waals surface area contributed by atoms with Crippen LogP contribution in [-0.4, -0.2) is 17.0 Å². The van der Waals surface area contributed by atoms with Crippen molar-refractivity contribution in [1.29, 1.82) is 0 Å². The van der Waals surface area contributed by atoms with Crippen molar-refractivity contribution in [2.45, 2.75) is 6.54 Å². The summed E-state index contributed by atoms with van der Waals surface area (Å²) in [5.74, 6) is 0. The number of thiazole rings is 1. The summed E-state index contributed by atoms with van der Waals surface area (Å²) in [5, 5.41) is 6.18. The molecule has 2 aromatic rings. The van der Waals surface area contributed by atoms with Gasteiger partial charge in [0.15, 0.2) is 0 Å². The third kappa shape index (κ3) is 1.97. The van der Waals surface area contributed by atoms with E-state index in [0.29, 0.717) is 0 Å². The molecule has 0 radical (unpaired) electrons. The second kappa shape index (κ2) is 4.30. The quantitative estimate of drug-likeness (QED) is 0.832. The molecule has 1 N–H and O–H groups in total. The Bertz CT molecular complexity index is 397. The van der Waals surface area contributed by atoms with E-state index in [1.165, 1.54) is 0 Å². The van der Waals surface area contributed by atoms with Crippen LogP contribution in [0.15, 0.2) is 29.9 Å². The minimum absolute atomic E-state index is 0.816. The molecule has 0 atom stereocenters. The summed E-state index contributed by atoms with van der Waals surface area (Å²) in [4.78, 5) is 8.55. The molecular formula is C10H11N3S. The highest BCUT2D eigenvalue weighted by molar-refractivity contribution is 7.13. The van der Waals surface area contributed by atoms with Gasteiger partial charge in [-0.2, -0.15) is 0 Å². The van der Waals surface area contributed by atoms with E-state index in [1.807, 2.05) is 25.4 Å². The van der Waals surface area contributed by atoms with Crippen molar-refractivity contribution >= 4 is 11.3 Å². The molecular weight excluding hydrogens is 194 g/mol. The van der Waals surface area contributed by atoms with Crippen molar-refractivity contribution in [1.82, 2.24) is 15.3 Å². The van der Waals surface area contributed by atoms with Gasteiger partial charge in [-0.05, 0) is 19.2 Å². The lowest BCUT2D eigenvalue weighted by atomic mass is 10.3. The fraction of sp³-hybridized carbons (Fsp3) is 0.200. The van der Waals surface area contributed by atoms with Gasteiger partial charge in [-0.15, -0.1) is 11.3 Å². The van der Waals surface area contributed by atoms with Gasteiger partial charge in [0.05, 0.1) is 5.69 Å². The lowest BCUT2D eigenvalue weighted by Gasteiger charge is -1.93. The van der Waals surface area contributed by atoms with E-state index < -0.39 is 0 Å². The van der Waals surface area contributed by atoms with Crippen molar-refractivity contribution in [3.05, 3.63) is 35.6 Å². The molecule has 0 aliphatic heterocycles. The number of pyridine rings is 1. The van der Waals surface area contributed by atoms with Gasteiger partial charge in [-0.25, -0.2) is 4.98 Å². The molecule has 0 unspecified atom stereocenters. The van der Waals surface area contributed by atoms with Crippen LogP contribution in [0, 0.1) is 0 Å². The predicted octanol–water partition coefficient (Wildman–Crippen LogP) is 1.92. The van der Waals surface area contributed by atoms with Crippen LogP contribution in [0.4, 0.5) is 0 Å². The Kier molecular flexibility index (Phi) is 2.86. The fourth-order valence-electron chi connectivity index (χ4n) is 1.19. The lowest BCUT2D eigenvalue weighted by molar-refractivity contribution is 0.798. The Labute approximate surface area is 86.8 Å². The highest BCUT2D eigenvalue weighted by Gasteiger charge is 2.02. The van der Waals surface area contributed by atoms with E-state index in [2.05, 4.69) is 20.7 Å². The van der Waals surface area contributed by atoms with Gasteiger partial charge in [0.25, 0.3) is 0 Å². The van der Waals surface area contributed by atoms with E-state index >= 15 is 0 Å². The van der Waals surface area contributed by atoms with Crippen LogP contribution in [0.2, 0.25) is 0 Å². The standard InChI is InChI=1S/C10H11N3S/c1-11-6-9-7-14-10(13-9)8-3-2-4-12-5-8/h2-5,7,11H,6H2,1H3. The third-order valence-electron chi connectivity index (χ3n) is 1.82. The summed E-state index contributed by atoms with van der Waals surface area (Å²) in [5.41, 5.74) is 2.16. The maximum Gasteiger partial charge on any atom is 0.125 e. The molecule has 0 amide bonds. The predicted molar refractivity (Wildman–Crippen MR) is 58.1 cm³/mol. The molecule has 0 saturated heterocycles. The van der Waals surface area contributed by atoms with Gasteiger partial charge in [-0.1, -0.05) is 0 Å². The largest absolute Gasteiger partial charge is 0.314 e.